The van der Waals surface area contributed by atoms with Crippen LogP contribution in [0.2, 0.25) is 0 Å². The maximum Gasteiger partial charge on any atom is 0.407 e. The van der Waals surface area contributed by atoms with Gasteiger partial charge in [-0.15, -0.1) is 0 Å². The van der Waals surface area contributed by atoms with Gasteiger partial charge in [0, 0.05) is 31.6 Å². The highest BCUT2D eigenvalue weighted by atomic mass is 16.5. The van der Waals surface area contributed by atoms with Gasteiger partial charge >= 0.3 is 12.1 Å². The van der Waals surface area contributed by atoms with Gasteiger partial charge in [-0.2, -0.15) is 4.98 Å². The molecule has 1 amide bonds. The van der Waals surface area contributed by atoms with E-state index in [1.54, 1.807) is 0 Å². The van der Waals surface area contributed by atoms with E-state index in [1.807, 2.05) is 41.3 Å². The molecule has 1 saturated heterocycles. The lowest BCUT2D eigenvalue weighted by atomic mass is 10.2. The van der Waals surface area contributed by atoms with Gasteiger partial charge in [-0.25, -0.2) is 9.78 Å². The first-order valence-corrected chi connectivity index (χ1v) is 7.63. The van der Waals surface area contributed by atoms with Gasteiger partial charge in [-0.05, 0) is 12.1 Å². The number of nitrogens with zero attached hydrogens (tertiary/aromatic N) is 5. The molecule has 3 aromatic rings. The summed E-state index contributed by atoms with van der Waals surface area (Å²) >= 11 is 0. The first-order valence-electron chi connectivity index (χ1n) is 7.63. The molecule has 2 aromatic heterocycles. The molecule has 0 radical (unpaired) electrons. The van der Waals surface area contributed by atoms with Crippen LogP contribution in [-0.2, 0) is 0 Å². The fraction of sp³-hybridized carbons (Fsp3) is 0.250. The maximum atomic E-state index is 10.9. The number of aromatic nitrogens is 3. The molecule has 3 heterocycles. The predicted octanol–water partition coefficient (Wildman–Crippen LogP) is 2.08. The normalized spacial score (nSPS) is 15.0. The molecule has 4 rings (SSSR count). The second-order valence-electron chi connectivity index (χ2n) is 5.55. The highest BCUT2D eigenvalue weighted by molar-refractivity contribution is 5.80. The van der Waals surface area contributed by atoms with Gasteiger partial charge in [0.25, 0.3) is 0 Å². The van der Waals surface area contributed by atoms with Crippen LogP contribution in [0, 0.1) is 0 Å². The topological polar surface area (TPSA) is 95.6 Å². The summed E-state index contributed by atoms with van der Waals surface area (Å²) in [6.07, 6.45) is -0.902. The number of hydrogen-bond acceptors (Lipinski definition) is 6. The first kappa shape index (κ1) is 14.4. The predicted molar refractivity (Wildman–Crippen MR) is 86.8 cm³/mol. The number of para-hydroxylation sites is 1. The third-order valence-corrected chi connectivity index (χ3v) is 4.06. The zero-order chi connectivity index (χ0) is 16.5. The van der Waals surface area contributed by atoms with Gasteiger partial charge in [-0.3, -0.25) is 0 Å². The van der Waals surface area contributed by atoms with E-state index < -0.39 is 6.09 Å². The summed E-state index contributed by atoms with van der Waals surface area (Å²) in [5, 5.41) is 14.0. The van der Waals surface area contributed by atoms with Crippen LogP contribution in [-0.4, -0.2) is 57.4 Å². The molecule has 122 valence electrons. The number of anilines is 1. The number of piperazine rings is 1. The lowest BCUT2D eigenvalue weighted by Crippen LogP contribution is -2.48. The van der Waals surface area contributed by atoms with E-state index in [2.05, 4.69) is 15.1 Å². The summed E-state index contributed by atoms with van der Waals surface area (Å²) < 4.78 is 5.33. The van der Waals surface area contributed by atoms with E-state index >= 15 is 0 Å². The Labute approximate surface area is 137 Å². The summed E-state index contributed by atoms with van der Waals surface area (Å²) in [5.41, 5.74) is 1.52. The molecule has 0 spiro atoms. The molecule has 0 saturated carbocycles. The Morgan fingerprint density at radius 3 is 2.62 bits per heavy atom. The van der Waals surface area contributed by atoms with Gasteiger partial charge < -0.3 is 19.4 Å². The molecule has 8 nitrogen and oxygen atoms in total. The van der Waals surface area contributed by atoms with Crippen LogP contribution in [0.3, 0.4) is 0 Å². The fourth-order valence-corrected chi connectivity index (χ4v) is 2.73. The van der Waals surface area contributed by atoms with Crippen LogP contribution < -0.4 is 4.90 Å². The Morgan fingerprint density at radius 2 is 1.83 bits per heavy atom. The number of amides is 1. The molecular weight excluding hydrogens is 310 g/mol. The highest BCUT2D eigenvalue weighted by Crippen LogP contribution is 2.22. The summed E-state index contributed by atoms with van der Waals surface area (Å²) in [4.78, 5) is 23.2. The third kappa shape index (κ3) is 2.62. The molecule has 1 fully saturated rings. The minimum absolute atomic E-state index is 0.394. The van der Waals surface area contributed by atoms with Crippen molar-refractivity contribution in [1.29, 1.82) is 0 Å². The first-order chi connectivity index (χ1) is 11.7. The van der Waals surface area contributed by atoms with Crippen LogP contribution in [0.4, 0.5) is 10.8 Å². The standard InChI is InChI=1S/C16H15N5O3/c22-16(23)21-9-7-20(8-10-21)15-18-14(19-24-15)13-6-5-11-3-1-2-4-12(11)17-13/h1-6H,7-10H2,(H,22,23). The molecule has 1 aliphatic heterocycles. The molecule has 24 heavy (non-hydrogen) atoms. The summed E-state index contributed by atoms with van der Waals surface area (Å²) in [7, 11) is 0. The van der Waals surface area contributed by atoms with Crippen LogP contribution >= 0.6 is 0 Å². The summed E-state index contributed by atoms with van der Waals surface area (Å²) in [6.45, 7) is 1.89. The van der Waals surface area contributed by atoms with E-state index in [0.29, 0.717) is 43.7 Å². The Morgan fingerprint density at radius 1 is 1.04 bits per heavy atom. The van der Waals surface area contributed by atoms with Crippen molar-refractivity contribution in [3.8, 4) is 11.5 Å². The van der Waals surface area contributed by atoms with Crippen LogP contribution in [0.25, 0.3) is 22.4 Å². The van der Waals surface area contributed by atoms with Gasteiger partial charge in [0.2, 0.25) is 5.82 Å². The number of pyridine rings is 1. The summed E-state index contributed by atoms with van der Waals surface area (Å²) in [5.74, 6) is 0.427. The molecule has 1 aromatic carbocycles. The molecule has 0 aliphatic carbocycles. The minimum atomic E-state index is -0.902. The van der Waals surface area contributed by atoms with Crippen LogP contribution in [0.1, 0.15) is 0 Å². The van der Waals surface area contributed by atoms with Crippen molar-refractivity contribution in [2.75, 3.05) is 31.1 Å². The van der Waals surface area contributed by atoms with Crippen molar-refractivity contribution in [2.45, 2.75) is 0 Å². The van der Waals surface area contributed by atoms with Gasteiger partial charge in [-0.1, -0.05) is 29.4 Å². The number of carbonyl (C=O) groups is 1. The third-order valence-electron chi connectivity index (χ3n) is 4.06. The van der Waals surface area contributed by atoms with E-state index in [-0.39, 0.29) is 0 Å². The molecule has 1 N–H and O–H groups in total. The van der Waals surface area contributed by atoms with Gasteiger partial charge in [0.15, 0.2) is 0 Å². The smallest absolute Gasteiger partial charge is 0.407 e. The van der Waals surface area contributed by atoms with Gasteiger partial charge in [0.1, 0.15) is 5.69 Å². The van der Waals surface area contributed by atoms with Crippen molar-refractivity contribution < 1.29 is 14.4 Å². The Balaban J connectivity index is 1.55. The molecule has 0 atom stereocenters. The van der Waals surface area contributed by atoms with Crippen LogP contribution in [0.15, 0.2) is 40.9 Å². The van der Waals surface area contributed by atoms with Crippen molar-refractivity contribution >= 4 is 23.0 Å². The zero-order valence-corrected chi connectivity index (χ0v) is 12.8. The Kier molecular flexibility index (Phi) is 3.49. The Hall–Kier alpha value is -3.16. The summed E-state index contributed by atoms with van der Waals surface area (Å²) in [6, 6.07) is 12.1. The average Bonchev–Trinajstić information content (AvgIpc) is 3.11. The van der Waals surface area contributed by atoms with Crippen molar-refractivity contribution in [3.63, 3.8) is 0 Å². The van der Waals surface area contributed by atoms with E-state index in [9.17, 15) is 4.79 Å². The van der Waals surface area contributed by atoms with E-state index in [1.165, 1.54) is 4.90 Å². The number of rotatable bonds is 2. The van der Waals surface area contributed by atoms with E-state index in [0.717, 1.165) is 10.9 Å². The maximum absolute atomic E-state index is 10.9. The lowest BCUT2D eigenvalue weighted by molar-refractivity contribution is 0.141. The molecular formula is C16H15N5O3. The Bertz CT molecular complexity index is 886. The second-order valence-corrected chi connectivity index (χ2v) is 5.55. The SMILES string of the molecule is O=C(O)N1CCN(c2nc(-c3ccc4ccccc4n3)no2)CC1. The number of benzene rings is 1. The molecule has 0 unspecified atom stereocenters. The lowest BCUT2D eigenvalue weighted by Gasteiger charge is -2.31. The van der Waals surface area contributed by atoms with E-state index in [4.69, 9.17) is 9.63 Å². The fourth-order valence-electron chi connectivity index (χ4n) is 2.73. The van der Waals surface area contributed by atoms with Crippen molar-refractivity contribution in [1.82, 2.24) is 20.0 Å². The molecule has 1 aliphatic rings. The monoisotopic (exact) mass is 325 g/mol. The van der Waals surface area contributed by atoms with Crippen molar-refractivity contribution in [3.05, 3.63) is 36.4 Å². The quantitative estimate of drug-likeness (QED) is 0.770. The average molecular weight is 325 g/mol. The minimum Gasteiger partial charge on any atom is -0.465 e. The second kappa shape index (κ2) is 5.80. The number of fused-ring (bicyclic) bond motifs is 1. The van der Waals surface area contributed by atoms with Crippen molar-refractivity contribution in [2.24, 2.45) is 0 Å². The van der Waals surface area contributed by atoms with Crippen LogP contribution in [0.5, 0.6) is 0 Å². The zero-order valence-electron chi connectivity index (χ0n) is 12.8. The highest BCUT2D eigenvalue weighted by Gasteiger charge is 2.24. The largest absolute Gasteiger partial charge is 0.465 e. The molecule has 8 heteroatoms. The number of carboxylic acid groups (broad SMARTS) is 1. The molecule has 0 bridgehead atoms. The van der Waals surface area contributed by atoms with Gasteiger partial charge in [0.05, 0.1) is 5.52 Å². The number of hydrogen-bond donors (Lipinski definition) is 1.